The molecule has 1 aliphatic heterocycles. The predicted octanol–water partition coefficient (Wildman–Crippen LogP) is 1.73. The average Bonchev–Trinajstić information content (AvgIpc) is 2.36. The number of nitrogens with one attached hydrogen (secondary N) is 1. The molecule has 0 spiro atoms. The van der Waals surface area contributed by atoms with Gasteiger partial charge in [-0.05, 0) is 39.2 Å². The van der Waals surface area contributed by atoms with Gasteiger partial charge in [0.1, 0.15) is 6.04 Å². The molecule has 17 heavy (non-hydrogen) atoms. The van der Waals surface area contributed by atoms with Crippen LogP contribution in [-0.4, -0.2) is 38.9 Å². The maximum atomic E-state index is 11.8. The number of carbonyl (C=O) groups excluding carboxylic acids is 1. The molecule has 1 aliphatic rings. The van der Waals surface area contributed by atoms with Gasteiger partial charge in [0.25, 0.3) is 0 Å². The zero-order chi connectivity index (χ0) is 12.7. The highest BCUT2D eigenvalue weighted by Gasteiger charge is 2.24. The molecule has 0 aromatic rings. The normalized spacial score (nSPS) is 31.2. The Kier molecular flexibility index (Phi) is 6.52. The number of rotatable bonds is 4. The van der Waals surface area contributed by atoms with E-state index in [1.807, 2.05) is 14.0 Å². The monoisotopic (exact) mass is 243 g/mol. The van der Waals surface area contributed by atoms with Crippen molar-refractivity contribution in [3.63, 3.8) is 0 Å². The van der Waals surface area contributed by atoms with Crippen molar-refractivity contribution in [2.24, 2.45) is 5.92 Å². The molecule has 0 aliphatic carbocycles. The molecule has 3 atom stereocenters. The lowest BCUT2D eigenvalue weighted by molar-refractivity contribution is -0.151. The first-order valence-electron chi connectivity index (χ1n) is 6.54. The second kappa shape index (κ2) is 7.67. The van der Waals surface area contributed by atoms with E-state index in [-0.39, 0.29) is 18.1 Å². The van der Waals surface area contributed by atoms with Crippen LogP contribution in [0.2, 0.25) is 0 Å². The molecule has 0 radical (unpaired) electrons. The van der Waals surface area contributed by atoms with Crippen molar-refractivity contribution in [1.82, 2.24) is 5.32 Å². The van der Waals surface area contributed by atoms with Crippen molar-refractivity contribution in [3.8, 4) is 0 Å². The largest absolute Gasteiger partial charge is 0.462 e. The van der Waals surface area contributed by atoms with Gasteiger partial charge in [-0.3, -0.25) is 4.79 Å². The fraction of sp³-hybridized carbons (Fsp3) is 0.923. The van der Waals surface area contributed by atoms with Crippen LogP contribution in [0.25, 0.3) is 0 Å². The molecule has 100 valence electrons. The van der Waals surface area contributed by atoms with Gasteiger partial charge in [0.05, 0.1) is 6.10 Å². The standard InChI is InChI=1S/C13H25NO3/c1-10-9-11(7-8-16-3)5-4-6-12(14-2)13(15)17-10/h10-12,14H,4-9H2,1-3H3/t10?,11?,12-/m0/s1. The van der Waals surface area contributed by atoms with Gasteiger partial charge >= 0.3 is 5.97 Å². The van der Waals surface area contributed by atoms with E-state index >= 15 is 0 Å². The van der Waals surface area contributed by atoms with E-state index in [2.05, 4.69) is 5.32 Å². The minimum atomic E-state index is -0.140. The lowest BCUT2D eigenvalue weighted by atomic mass is 9.93. The lowest BCUT2D eigenvalue weighted by Gasteiger charge is -2.19. The van der Waals surface area contributed by atoms with Crippen LogP contribution in [0.5, 0.6) is 0 Å². The van der Waals surface area contributed by atoms with Crippen LogP contribution in [0, 0.1) is 5.92 Å². The van der Waals surface area contributed by atoms with Crippen LogP contribution < -0.4 is 5.32 Å². The first kappa shape index (κ1) is 14.5. The number of ether oxygens (including phenoxy) is 2. The van der Waals surface area contributed by atoms with Crippen molar-refractivity contribution in [1.29, 1.82) is 0 Å². The number of methoxy groups -OCH3 is 1. The molecule has 0 saturated carbocycles. The van der Waals surface area contributed by atoms with Crippen molar-refractivity contribution in [3.05, 3.63) is 0 Å². The van der Waals surface area contributed by atoms with Crippen LogP contribution in [0.3, 0.4) is 0 Å². The molecule has 2 unspecified atom stereocenters. The third-order valence-corrected chi connectivity index (χ3v) is 3.45. The lowest BCUT2D eigenvalue weighted by Crippen LogP contribution is -2.36. The summed E-state index contributed by atoms with van der Waals surface area (Å²) < 4.78 is 10.6. The van der Waals surface area contributed by atoms with E-state index in [4.69, 9.17) is 9.47 Å². The highest BCUT2D eigenvalue weighted by Crippen LogP contribution is 2.23. The summed E-state index contributed by atoms with van der Waals surface area (Å²) >= 11 is 0. The van der Waals surface area contributed by atoms with Crippen molar-refractivity contribution >= 4 is 5.97 Å². The van der Waals surface area contributed by atoms with Gasteiger partial charge in [-0.2, -0.15) is 0 Å². The van der Waals surface area contributed by atoms with E-state index in [0.717, 1.165) is 38.7 Å². The highest BCUT2D eigenvalue weighted by atomic mass is 16.5. The van der Waals surface area contributed by atoms with Crippen LogP contribution >= 0.6 is 0 Å². The molecule has 4 heteroatoms. The van der Waals surface area contributed by atoms with Gasteiger partial charge in [-0.15, -0.1) is 0 Å². The Morgan fingerprint density at radius 1 is 1.47 bits per heavy atom. The SMILES string of the molecule is CN[C@H]1CCCC(CCOC)CC(C)OC1=O. The number of hydrogen-bond donors (Lipinski definition) is 1. The highest BCUT2D eigenvalue weighted by molar-refractivity contribution is 5.75. The Hall–Kier alpha value is -0.610. The second-order valence-corrected chi connectivity index (χ2v) is 4.90. The molecule has 1 N–H and O–H groups in total. The number of likely N-dealkylation sites (N-methyl/N-ethyl adjacent to an activating group) is 1. The molecule has 0 bridgehead atoms. The second-order valence-electron chi connectivity index (χ2n) is 4.90. The molecule has 1 rings (SSSR count). The van der Waals surface area contributed by atoms with Crippen molar-refractivity contribution in [2.45, 2.75) is 51.2 Å². The molecular weight excluding hydrogens is 218 g/mol. The van der Waals surface area contributed by atoms with Crippen LogP contribution in [-0.2, 0) is 14.3 Å². The fourth-order valence-corrected chi connectivity index (χ4v) is 2.45. The van der Waals surface area contributed by atoms with Crippen molar-refractivity contribution < 1.29 is 14.3 Å². The smallest absolute Gasteiger partial charge is 0.323 e. The Morgan fingerprint density at radius 3 is 2.88 bits per heavy atom. The molecule has 1 fully saturated rings. The third kappa shape index (κ3) is 5.04. The topological polar surface area (TPSA) is 47.6 Å². The van der Waals surface area contributed by atoms with E-state index in [1.54, 1.807) is 7.11 Å². The van der Waals surface area contributed by atoms with Gasteiger partial charge in [0.15, 0.2) is 0 Å². The molecule has 0 amide bonds. The van der Waals surface area contributed by atoms with Gasteiger partial charge < -0.3 is 14.8 Å². The summed E-state index contributed by atoms with van der Waals surface area (Å²) in [7, 11) is 3.55. The zero-order valence-electron chi connectivity index (χ0n) is 11.2. The Balaban J connectivity index is 2.52. The summed E-state index contributed by atoms with van der Waals surface area (Å²) in [6.45, 7) is 2.77. The molecule has 1 heterocycles. The first-order chi connectivity index (χ1) is 8.17. The summed E-state index contributed by atoms with van der Waals surface area (Å²) in [6, 6.07) is -0.140. The Bertz CT molecular complexity index is 233. The van der Waals surface area contributed by atoms with Gasteiger partial charge in [-0.1, -0.05) is 12.8 Å². The van der Waals surface area contributed by atoms with Crippen LogP contribution in [0.4, 0.5) is 0 Å². The van der Waals surface area contributed by atoms with E-state index in [0.29, 0.717) is 5.92 Å². The number of cyclic esters (lactones) is 1. The first-order valence-corrected chi connectivity index (χ1v) is 6.54. The quantitative estimate of drug-likeness (QED) is 0.764. The maximum absolute atomic E-state index is 11.8. The van der Waals surface area contributed by atoms with Crippen LogP contribution in [0.1, 0.15) is 39.0 Å². The molecule has 0 aromatic carbocycles. The fourth-order valence-electron chi connectivity index (χ4n) is 2.45. The van der Waals surface area contributed by atoms with E-state index in [1.165, 1.54) is 0 Å². The number of esters is 1. The summed E-state index contributed by atoms with van der Waals surface area (Å²) in [4.78, 5) is 11.8. The van der Waals surface area contributed by atoms with E-state index < -0.39 is 0 Å². The van der Waals surface area contributed by atoms with Gasteiger partial charge in [0.2, 0.25) is 0 Å². The summed E-state index contributed by atoms with van der Waals surface area (Å²) in [5.41, 5.74) is 0. The summed E-state index contributed by atoms with van der Waals surface area (Å²) in [6.07, 6.45) is 5.11. The molecule has 0 aromatic heterocycles. The maximum Gasteiger partial charge on any atom is 0.323 e. The average molecular weight is 243 g/mol. The molecule has 1 saturated heterocycles. The van der Waals surface area contributed by atoms with E-state index in [9.17, 15) is 4.79 Å². The Morgan fingerprint density at radius 2 is 2.24 bits per heavy atom. The zero-order valence-corrected chi connectivity index (χ0v) is 11.2. The number of hydrogen-bond acceptors (Lipinski definition) is 4. The summed E-state index contributed by atoms with van der Waals surface area (Å²) in [5, 5.41) is 3.03. The number of carbonyl (C=O) groups is 1. The summed E-state index contributed by atoms with van der Waals surface area (Å²) in [5.74, 6) is 0.501. The van der Waals surface area contributed by atoms with Gasteiger partial charge in [0, 0.05) is 13.7 Å². The third-order valence-electron chi connectivity index (χ3n) is 3.45. The minimum Gasteiger partial charge on any atom is -0.462 e. The van der Waals surface area contributed by atoms with Gasteiger partial charge in [-0.25, -0.2) is 0 Å². The predicted molar refractivity (Wildman–Crippen MR) is 66.9 cm³/mol. The molecule has 4 nitrogen and oxygen atoms in total. The minimum absolute atomic E-state index is 0.0123. The molecular formula is C13H25NO3. The Labute approximate surface area is 104 Å². The van der Waals surface area contributed by atoms with Crippen molar-refractivity contribution in [2.75, 3.05) is 20.8 Å². The van der Waals surface area contributed by atoms with Crippen LogP contribution in [0.15, 0.2) is 0 Å².